The minimum absolute atomic E-state index is 0.156. The van der Waals surface area contributed by atoms with Gasteiger partial charge < -0.3 is 19.3 Å². The lowest BCUT2D eigenvalue weighted by molar-refractivity contribution is 0.356. The molecule has 0 bridgehead atoms. The van der Waals surface area contributed by atoms with E-state index >= 15 is 0 Å². The van der Waals surface area contributed by atoms with Crippen molar-refractivity contribution in [3.05, 3.63) is 42.4 Å². The molecule has 5 rings (SSSR count). The van der Waals surface area contributed by atoms with Crippen LogP contribution in [-0.4, -0.2) is 55.4 Å². The fourth-order valence-electron chi connectivity index (χ4n) is 4.55. The molecule has 2 aromatic heterocycles. The summed E-state index contributed by atoms with van der Waals surface area (Å²) in [4.78, 5) is 18.7. The summed E-state index contributed by atoms with van der Waals surface area (Å²) >= 11 is 0. The molecule has 0 aliphatic carbocycles. The molecule has 0 atom stereocenters. The summed E-state index contributed by atoms with van der Waals surface area (Å²) in [7, 11) is 3.27. The number of rotatable bonds is 5. The van der Waals surface area contributed by atoms with Crippen LogP contribution in [0.5, 0.6) is 11.5 Å². The van der Waals surface area contributed by atoms with Crippen LogP contribution in [0.1, 0.15) is 24.5 Å². The van der Waals surface area contributed by atoms with Crippen molar-refractivity contribution >= 4 is 22.5 Å². The first-order valence-corrected chi connectivity index (χ1v) is 10.9. The van der Waals surface area contributed by atoms with Crippen molar-refractivity contribution in [2.75, 3.05) is 50.2 Å². The quantitative estimate of drug-likeness (QED) is 0.609. The molecule has 3 aromatic rings. The fraction of sp³-hybridized carbons (Fsp3) is 0.417. The molecule has 4 heterocycles. The largest absolute Gasteiger partial charge is 0.493 e. The maximum Gasteiger partial charge on any atom is 0.162 e. The SMILES string of the molecule is COc1cc2ccc(N3CC(c4nccnc4N4CCC(C#N)CC4)C3)nc2cc1OC. The molecule has 2 saturated heterocycles. The molecule has 2 aliphatic heterocycles. The van der Waals surface area contributed by atoms with E-state index in [4.69, 9.17) is 14.5 Å². The number of anilines is 2. The van der Waals surface area contributed by atoms with Crippen LogP contribution in [0.25, 0.3) is 10.9 Å². The van der Waals surface area contributed by atoms with Gasteiger partial charge in [-0.3, -0.25) is 4.98 Å². The molecule has 0 radical (unpaired) electrons. The summed E-state index contributed by atoms with van der Waals surface area (Å²) < 4.78 is 10.8. The molecule has 0 N–H and O–H groups in total. The number of hydrogen-bond donors (Lipinski definition) is 0. The van der Waals surface area contributed by atoms with E-state index < -0.39 is 0 Å². The van der Waals surface area contributed by atoms with Crippen molar-refractivity contribution in [1.82, 2.24) is 15.0 Å². The number of piperidine rings is 1. The molecule has 0 unspecified atom stereocenters. The molecule has 32 heavy (non-hydrogen) atoms. The van der Waals surface area contributed by atoms with Crippen LogP contribution in [0, 0.1) is 17.2 Å². The lowest BCUT2D eigenvalue weighted by atomic mass is 9.94. The van der Waals surface area contributed by atoms with Gasteiger partial charge in [0.1, 0.15) is 5.82 Å². The third-order valence-corrected chi connectivity index (χ3v) is 6.46. The minimum atomic E-state index is 0.156. The molecule has 164 valence electrons. The van der Waals surface area contributed by atoms with E-state index in [9.17, 15) is 5.26 Å². The summed E-state index contributed by atoms with van der Waals surface area (Å²) in [6, 6.07) is 10.4. The zero-order valence-corrected chi connectivity index (χ0v) is 18.4. The van der Waals surface area contributed by atoms with Crippen LogP contribution in [0.15, 0.2) is 36.7 Å². The standard InChI is InChI=1S/C24H26N6O2/c1-31-20-11-17-3-4-22(28-19(17)12-21(20)32-2)30-14-18(15-30)23-24(27-8-7-26-23)29-9-5-16(13-25)6-10-29/h3-4,7-8,11-12,16,18H,5-6,9-10,14-15H2,1-2H3. The maximum absolute atomic E-state index is 9.18. The number of fused-ring (bicyclic) bond motifs is 1. The highest BCUT2D eigenvalue weighted by atomic mass is 16.5. The van der Waals surface area contributed by atoms with Gasteiger partial charge in [0.05, 0.1) is 31.5 Å². The van der Waals surface area contributed by atoms with E-state index in [0.717, 1.165) is 67.3 Å². The monoisotopic (exact) mass is 430 g/mol. The van der Waals surface area contributed by atoms with E-state index in [1.807, 2.05) is 12.1 Å². The van der Waals surface area contributed by atoms with Crippen molar-refractivity contribution in [1.29, 1.82) is 5.26 Å². The normalized spacial score (nSPS) is 17.2. The smallest absolute Gasteiger partial charge is 0.162 e. The Morgan fingerprint density at radius 3 is 2.41 bits per heavy atom. The Bertz CT molecular complexity index is 1160. The van der Waals surface area contributed by atoms with E-state index in [0.29, 0.717) is 17.4 Å². The predicted octanol–water partition coefficient (Wildman–Crippen LogP) is 3.39. The van der Waals surface area contributed by atoms with Gasteiger partial charge in [0.2, 0.25) is 0 Å². The number of nitrogens with zero attached hydrogens (tertiary/aromatic N) is 6. The molecule has 2 aliphatic rings. The van der Waals surface area contributed by atoms with Gasteiger partial charge in [-0.05, 0) is 31.0 Å². The highest BCUT2D eigenvalue weighted by Gasteiger charge is 2.34. The molecule has 0 saturated carbocycles. The van der Waals surface area contributed by atoms with Gasteiger partial charge in [0, 0.05) is 61.9 Å². The van der Waals surface area contributed by atoms with E-state index in [1.165, 1.54) is 0 Å². The van der Waals surface area contributed by atoms with E-state index in [2.05, 4.69) is 38.0 Å². The maximum atomic E-state index is 9.18. The summed E-state index contributed by atoms with van der Waals surface area (Å²) in [5.41, 5.74) is 1.93. The van der Waals surface area contributed by atoms with Gasteiger partial charge in [-0.2, -0.15) is 5.26 Å². The lowest BCUT2D eigenvalue weighted by Crippen LogP contribution is -2.47. The minimum Gasteiger partial charge on any atom is -0.493 e. The second-order valence-electron chi connectivity index (χ2n) is 8.33. The molecule has 8 heteroatoms. The van der Waals surface area contributed by atoms with Crippen LogP contribution < -0.4 is 19.3 Å². The predicted molar refractivity (Wildman–Crippen MR) is 122 cm³/mol. The Morgan fingerprint density at radius 2 is 1.69 bits per heavy atom. The molecular weight excluding hydrogens is 404 g/mol. The second-order valence-corrected chi connectivity index (χ2v) is 8.33. The first kappa shape index (κ1) is 20.3. The zero-order chi connectivity index (χ0) is 22.1. The average Bonchev–Trinajstić information content (AvgIpc) is 2.82. The van der Waals surface area contributed by atoms with Crippen molar-refractivity contribution < 1.29 is 9.47 Å². The number of aromatic nitrogens is 3. The van der Waals surface area contributed by atoms with Crippen molar-refractivity contribution in [3.63, 3.8) is 0 Å². The van der Waals surface area contributed by atoms with Crippen LogP contribution >= 0.6 is 0 Å². The molecule has 2 fully saturated rings. The van der Waals surface area contributed by atoms with Crippen LogP contribution in [-0.2, 0) is 0 Å². The third-order valence-electron chi connectivity index (χ3n) is 6.46. The Kier molecular flexibility index (Phi) is 5.39. The summed E-state index contributed by atoms with van der Waals surface area (Å²) in [6.07, 6.45) is 5.31. The number of benzene rings is 1. The molecule has 1 aromatic carbocycles. The van der Waals surface area contributed by atoms with Crippen molar-refractivity contribution in [3.8, 4) is 17.6 Å². The molecule has 0 amide bonds. The first-order valence-electron chi connectivity index (χ1n) is 10.9. The Labute approximate surface area is 187 Å². The average molecular weight is 431 g/mol. The highest BCUT2D eigenvalue weighted by Crippen LogP contribution is 2.37. The van der Waals surface area contributed by atoms with Gasteiger partial charge in [0.25, 0.3) is 0 Å². The zero-order valence-electron chi connectivity index (χ0n) is 18.4. The summed E-state index contributed by atoms with van der Waals surface area (Å²) in [6.45, 7) is 3.42. The fourth-order valence-corrected chi connectivity index (χ4v) is 4.55. The van der Waals surface area contributed by atoms with Crippen LogP contribution in [0.3, 0.4) is 0 Å². The summed E-state index contributed by atoms with van der Waals surface area (Å²) in [5.74, 6) is 3.76. The van der Waals surface area contributed by atoms with Gasteiger partial charge in [-0.25, -0.2) is 9.97 Å². The summed E-state index contributed by atoms with van der Waals surface area (Å²) in [5, 5.41) is 10.2. The Morgan fingerprint density at radius 1 is 0.969 bits per heavy atom. The molecular formula is C24H26N6O2. The van der Waals surface area contributed by atoms with E-state index in [1.54, 1.807) is 26.6 Å². The van der Waals surface area contributed by atoms with Gasteiger partial charge in [-0.15, -0.1) is 0 Å². The Hall–Kier alpha value is -3.60. The number of methoxy groups -OCH3 is 2. The lowest BCUT2D eigenvalue weighted by Gasteiger charge is -2.41. The number of ether oxygens (including phenoxy) is 2. The number of pyridine rings is 1. The van der Waals surface area contributed by atoms with E-state index in [-0.39, 0.29) is 5.92 Å². The van der Waals surface area contributed by atoms with Crippen molar-refractivity contribution in [2.24, 2.45) is 5.92 Å². The second kappa shape index (κ2) is 8.50. The van der Waals surface area contributed by atoms with Crippen LogP contribution in [0.4, 0.5) is 11.6 Å². The Balaban J connectivity index is 1.32. The van der Waals surface area contributed by atoms with Gasteiger partial charge in [-0.1, -0.05) is 0 Å². The number of nitriles is 1. The topological polar surface area (TPSA) is 87.4 Å². The molecule has 0 spiro atoms. The third kappa shape index (κ3) is 3.64. The first-order chi connectivity index (χ1) is 15.7. The highest BCUT2D eigenvalue weighted by molar-refractivity contribution is 5.84. The number of hydrogen-bond acceptors (Lipinski definition) is 8. The van der Waals surface area contributed by atoms with Crippen molar-refractivity contribution in [2.45, 2.75) is 18.8 Å². The van der Waals surface area contributed by atoms with Gasteiger partial charge >= 0.3 is 0 Å². The molecule has 8 nitrogen and oxygen atoms in total. The van der Waals surface area contributed by atoms with Crippen LogP contribution in [0.2, 0.25) is 0 Å². The van der Waals surface area contributed by atoms with Gasteiger partial charge in [0.15, 0.2) is 17.3 Å².